The lowest BCUT2D eigenvalue weighted by Gasteiger charge is -2.26. The summed E-state index contributed by atoms with van der Waals surface area (Å²) in [6.07, 6.45) is 1.09. The van der Waals surface area contributed by atoms with Gasteiger partial charge in [-0.25, -0.2) is 4.39 Å². The van der Waals surface area contributed by atoms with Gasteiger partial charge in [-0.05, 0) is 26.5 Å². The highest BCUT2D eigenvalue weighted by molar-refractivity contribution is 5.33. The summed E-state index contributed by atoms with van der Waals surface area (Å²) in [6.45, 7) is 2.79. The maximum absolute atomic E-state index is 14.3. The molecule has 0 aliphatic carbocycles. The predicted molar refractivity (Wildman–Crippen MR) is 68.3 cm³/mol. The van der Waals surface area contributed by atoms with Crippen molar-refractivity contribution in [2.45, 2.75) is 25.5 Å². The van der Waals surface area contributed by atoms with Gasteiger partial charge in [-0.2, -0.15) is 0 Å². The second-order valence-corrected chi connectivity index (χ2v) is 4.66. The average molecular weight is 253 g/mol. The molecule has 1 fully saturated rings. The molecule has 2 rings (SSSR count). The molecule has 1 aromatic rings. The summed E-state index contributed by atoms with van der Waals surface area (Å²) >= 11 is 0. The van der Waals surface area contributed by atoms with E-state index in [1.807, 2.05) is 26.1 Å². The number of methoxy groups -OCH3 is 1. The zero-order valence-electron chi connectivity index (χ0n) is 11.1. The fourth-order valence-electron chi connectivity index (χ4n) is 2.71. The van der Waals surface area contributed by atoms with E-state index in [-0.39, 0.29) is 23.9 Å². The third-order valence-corrected chi connectivity index (χ3v) is 3.72. The topological polar surface area (TPSA) is 30.5 Å². The molecule has 0 amide bonds. The number of hydrogen-bond donors (Lipinski definition) is 1. The monoisotopic (exact) mass is 253 g/mol. The molecule has 3 nitrogen and oxygen atoms in total. The molecule has 1 aliphatic heterocycles. The van der Waals surface area contributed by atoms with Gasteiger partial charge >= 0.3 is 0 Å². The number of benzene rings is 1. The highest BCUT2D eigenvalue weighted by Crippen LogP contribution is 2.35. The summed E-state index contributed by atoms with van der Waals surface area (Å²) < 4.78 is 24.9. The molecular weight excluding hydrogens is 233 g/mol. The number of hydrogen-bond acceptors (Lipinski definition) is 3. The molecular formula is C14H20FNO2. The predicted octanol–water partition coefficient (Wildman–Crippen LogP) is 2.52. The first-order chi connectivity index (χ1) is 8.69. The van der Waals surface area contributed by atoms with Gasteiger partial charge in [-0.3, -0.25) is 0 Å². The van der Waals surface area contributed by atoms with Crippen molar-refractivity contribution in [1.82, 2.24) is 5.32 Å². The summed E-state index contributed by atoms with van der Waals surface area (Å²) in [7, 11) is 3.34. The summed E-state index contributed by atoms with van der Waals surface area (Å²) in [5.41, 5.74) is 0.652. The Morgan fingerprint density at radius 1 is 1.50 bits per heavy atom. The first-order valence-electron chi connectivity index (χ1n) is 6.30. The van der Waals surface area contributed by atoms with Crippen molar-refractivity contribution in [2.24, 2.45) is 5.92 Å². The largest absolute Gasteiger partial charge is 0.494 e. The lowest BCUT2D eigenvalue weighted by Crippen LogP contribution is -2.30. The Morgan fingerprint density at radius 3 is 2.83 bits per heavy atom. The molecule has 3 atom stereocenters. The van der Waals surface area contributed by atoms with Gasteiger partial charge in [0.1, 0.15) is 0 Å². The van der Waals surface area contributed by atoms with Crippen molar-refractivity contribution in [3.63, 3.8) is 0 Å². The van der Waals surface area contributed by atoms with Crippen LogP contribution in [0.2, 0.25) is 0 Å². The molecule has 0 spiro atoms. The van der Waals surface area contributed by atoms with Crippen LogP contribution in [0.15, 0.2) is 18.2 Å². The quantitative estimate of drug-likeness (QED) is 0.894. The van der Waals surface area contributed by atoms with Gasteiger partial charge in [0.2, 0.25) is 0 Å². The van der Waals surface area contributed by atoms with Crippen LogP contribution >= 0.6 is 0 Å². The fourth-order valence-corrected chi connectivity index (χ4v) is 2.71. The van der Waals surface area contributed by atoms with E-state index in [2.05, 4.69) is 5.32 Å². The normalized spacial score (nSPS) is 25.1. The minimum Gasteiger partial charge on any atom is -0.494 e. The Hall–Kier alpha value is -1.13. The zero-order chi connectivity index (χ0) is 13.1. The Balaban J connectivity index is 2.32. The van der Waals surface area contributed by atoms with Crippen LogP contribution in [0.5, 0.6) is 5.75 Å². The van der Waals surface area contributed by atoms with Gasteiger partial charge in [0.15, 0.2) is 11.6 Å². The first-order valence-corrected chi connectivity index (χ1v) is 6.30. The van der Waals surface area contributed by atoms with Crippen LogP contribution in [-0.2, 0) is 4.74 Å². The highest BCUT2D eigenvalue weighted by Gasteiger charge is 2.33. The van der Waals surface area contributed by atoms with E-state index in [1.165, 1.54) is 7.11 Å². The Bertz CT molecular complexity index is 411. The smallest absolute Gasteiger partial charge is 0.169 e. The maximum atomic E-state index is 14.3. The van der Waals surface area contributed by atoms with Crippen LogP contribution in [-0.4, -0.2) is 26.9 Å². The molecule has 1 aliphatic rings. The lowest BCUT2D eigenvalue weighted by molar-refractivity contribution is 0.0958. The van der Waals surface area contributed by atoms with Crippen LogP contribution in [0.25, 0.3) is 0 Å². The van der Waals surface area contributed by atoms with Crippen LogP contribution in [0, 0.1) is 11.7 Å². The van der Waals surface area contributed by atoms with Crippen LogP contribution in [0.4, 0.5) is 4.39 Å². The number of nitrogens with one attached hydrogen (secondary N) is 1. The van der Waals surface area contributed by atoms with Crippen LogP contribution in [0.3, 0.4) is 0 Å². The van der Waals surface area contributed by atoms with Crippen molar-refractivity contribution >= 4 is 0 Å². The number of halogens is 1. The minimum absolute atomic E-state index is 0.0439. The third kappa shape index (κ3) is 2.35. The van der Waals surface area contributed by atoms with Gasteiger partial charge in [0.05, 0.1) is 13.2 Å². The molecule has 1 aromatic carbocycles. The molecule has 1 saturated heterocycles. The Labute approximate surface area is 107 Å². The van der Waals surface area contributed by atoms with Gasteiger partial charge in [0.25, 0.3) is 0 Å². The first kappa shape index (κ1) is 13.3. The molecule has 3 unspecified atom stereocenters. The molecule has 0 bridgehead atoms. The maximum Gasteiger partial charge on any atom is 0.169 e. The van der Waals surface area contributed by atoms with Crippen molar-refractivity contribution in [2.75, 3.05) is 20.8 Å². The van der Waals surface area contributed by atoms with E-state index in [4.69, 9.17) is 9.47 Å². The zero-order valence-corrected chi connectivity index (χ0v) is 11.1. The van der Waals surface area contributed by atoms with Gasteiger partial charge in [-0.15, -0.1) is 0 Å². The summed E-state index contributed by atoms with van der Waals surface area (Å²) in [5.74, 6) is 0.300. The van der Waals surface area contributed by atoms with Gasteiger partial charge < -0.3 is 14.8 Å². The molecule has 100 valence electrons. The van der Waals surface area contributed by atoms with Crippen molar-refractivity contribution in [3.05, 3.63) is 29.6 Å². The molecule has 0 radical (unpaired) electrons. The standard InChI is InChI=1S/C14H20FNO2/c1-9-10(7-8-18-9)14(16-2)11-5-4-6-12(17-3)13(11)15/h4-6,9-10,14,16H,7-8H2,1-3H3. The van der Waals surface area contributed by atoms with E-state index < -0.39 is 0 Å². The van der Waals surface area contributed by atoms with E-state index in [9.17, 15) is 4.39 Å². The molecule has 18 heavy (non-hydrogen) atoms. The van der Waals surface area contributed by atoms with Crippen molar-refractivity contribution in [1.29, 1.82) is 0 Å². The van der Waals surface area contributed by atoms with E-state index in [0.29, 0.717) is 11.3 Å². The van der Waals surface area contributed by atoms with E-state index >= 15 is 0 Å². The van der Waals surface area contributed by atoms with E-state index in [1.54, 1.807) is 6.07 Å². The van der Waals surface area contributed by atoms with Crippen LogP contribution < -0.4 is 10.1 Å². The number of ether oxygens (including phenoxy) is 2. The second kappa shape index (κ2) is 5.67. The average Bonchev–Trinajstić information content (AvgIpc) is 2.79. The van der Waals surface area contributed by atoms with E-state index in [0.717, 1.165) is 13.0 Å². The van der Waals surface area contributed by atoms with Crippen molar-refractivity contribution in [3.8, 4) is 5.75 Å². The Kier molecular flexibility index (Phi) is 4.19. The summed E-state index contributed by atoms with van der Waals surface area (Å²) in [6, 6.07) is 5.23. The third-order valence-electron chi connectivity index (χ3n) is 3.72. The van der Waals surface area contributed by atoms with Gasteiger partial charge in [-0.1, -0.05) is 12.1 Å². The highest BCUT2D eigenvalue weighted by atomic mass is 19.1. The molecule has 1 heterocycles. The Morgan fingerprint density at radius 2 is 2.28 bits per heavy atom. The summed E-state index contributed by atoms with van der Waals surface area (Å²) in [4.78, 5) is 0. The SMILES string of the molecule is CNC(c1cccc(OC)c1F)C1CCOC1C. The molecule has 1 N–H and O–H groups in total. The lowest BCUT2D eigenvalue weighted by atomic mass is 9.88. The fraction of sp³-hybridized carbons (Fsp3) is 0.571. The van der Waals surface area contributed by atoms with Crippen molar-refractivity contribution < 1.29 is 13.9 Å². The van der Waals surface area contributed by atoms with Crippen LogP contribution in [0.1, 0.15) is 24.9 Å². The molecule has 4 heteroatoms. The summed E-state index contributed by atoms with van der Waals surface area (Å²) in [5, 5.41) is 3.21. The molecule has 0 aromatic heterocycles. The molecule has 0 saturated carbocycles. The second-order valence-electron chi connectivity index (χ2n) is 4.66. The van der Waals surface area contributed by atoms with Gasteiger partial charge in [0, 0.05) is 24.1 Å². The number of rotatable bonds is 4. The minimum atomic E-state index is -0.279.